The van der Waals surface area contributed by atoms with Gasteiger partial charge in [0, 0.05) is 16.1 Å². The van der Waals surface area contributed by atoms with Crippen LogP contribution in [0.25, 0.3) is 0 Å². The van der Waals surface area contributed by atoms with Crippen LogP contribution in [-0.2, 0) is 0 Å². The van der Waals surface area contributed by atoms with E-state index in [4.69, 9.17) is 15.6 Å². The van der Waals surface area contributed by atoms with Crippen LogP contribution in [0.3, 0.4) is 0 Å². The van der Waals surface area contributed by atoms with Gasteiger partial charge in [-0.3, -0.25) is 0 Å². The second kappa shape index (κ2) is 5.90. The molecule has 2 atom stereocenters. The molecule has 3 nitrogen and oxygen atoms in total. The molecule has 1 aromatic rings. The zero-order chi connectivity index (χ0) is 13.9. The Kier molecular flexibility index (Phi) is 5.01. The van der Waals surface area contributed by atoms with Crippen LogP contribution in [-0.4, -0.2) is 24.0 Å². The maximum absolute atomic E-state index is 12.1. The highest BCUT2D eigenvalue weighted by atomic mass is 79.9. The molecule has 0 bridgehead atoms. The number of hydrogen-bond acceptors (Lipinski definition) is 3. The minimum absolute atomic E-state index is 0.225. The zero-order valence-electron chi connectivity index (χ0n) is 9.54. The van der Waals surface area contributed by atoms with Crippen LogP contribution in [0.2, 0.25) is 0 Å². The SMILES string of the molecule is C[C@H](N)c1ccc(Br)cc1OCC(O)C(F)(F)F. The van der Waals surface area contributed by atoms with E-state index in [1.165, 1.54) is 6.07 Å². The van der Waals surface area contributed by atoms with Gasteiger partial charge in [-0.2, -0.15) is 13.2 Å². The van der Waals surface area contributed by atoms with Gasteiger partial charge >= 0.3 is 6.18 Å². The number of halogens is 4. The molecule has 18 heavy (non-hydrogen) atoms. The van der Waals surface area contributed by atoms with E-state index < -0.39 is 18.9 Å². The monoisotopic (exact) mass is 327 g/mol. The largest absolute Gasteiger partial charge is 0.490 e. The van der Waals surface area contributed by atoms with Crippen molar-refractivity contribution in [2.24, 2.45) is 5.73 Å². The first-order valence-electron chi connectivity index (χ1n) is 5.14. The topological polar surface area (TPSA) is 55.5 Å². The smallest absolute Gasteiger partial charge is 0.417 e. The Morgan fingerprint density at radius 2 is 2.06 bits per heavy atom. The van der Waals surface area contributed by atoms with E-state index in [1.807, 2.05) is 0 Å². The second-order valence-corrected chi connectivity index (χ2v) is 4.75. The van der Waals surface area contributed by atoms with Crippen molar-refractivity contribution in [3.8, 4) is 5.75 Å². The molecule has 0 heterocycles. The molecular formula is C11H13BrF3NO2. The first-order chi connectivity index (χ1) is 8.21. The number of aliphatic hydroxyl groups is 1. The molecule has 7 heteroatoms. The summed E-state index contributed by atoms with van der Waals surface area (Å²) >= 11 is 3.19. The van der Waals surface area contributed by atoms with Crippen molar-refractivity contribution in [3.63, 3.8) is 0 Å². The van der Waals surface area contributed by atoms with E-state index in [1.54, 1.807) is 19.1 Å². The average Bonchev–Trinajstić information content (AvgIpc) is 2.24. The first kappa shape index (κ1) is 15.3. The highest BCUT2D eigenvalue weighted by Gasteiger charge is 2.38. The minimum Gasteiger partial charge on any atom is -0.490 e. The molecule has 1 unspecified atom stereocenters. The Balaban J connectivity index is 2.81. The minimum atomic E-state index is -4.69. The lowest BCUT2D eigenvalue weighted by Crippen LogP contribution is -2.34. The molecule has 0 saturated carbocycles. The van der Waals surface area contributed by atoms with Gasteiger partial charge in [-0.15, -0.1) is 0 Å². The molecule has 1 rings (SSSR count). The van der Waals surface area contributed by atoms with Crippen LogP contribution >= 0.6 is 15.9 Å². The predicted molar refractivity (Wildman–Crippen MR) is 64.3 cm³/mol. The van der Waals surface area contributed by atoms with Crippen molar-refractivity contribution in [1.29, 1.82) is 0 Å². The van der Waals surface area contributed by atoms with E-state index >= 15 is 0 Å². The highest BCUT2D eigenvalue weighted by Crippen LogP contribution is 2.29. The van der Waals surface area contributed by atoms with Gasteiger partial charge in [0.15, 0.2) is 6.10 Å². The fourth-order valence-corrected chi connectivity index (χ4v) is 1.61. The van der Waals surface area contributed by atoms with E-state index in [2.05, 4.69) is 15.9 Å². The summed E-state index contributed by atoms with van der Waals surface area (Å²) in [5.74, 6) is 0.225. The Hall–Kier alpha value is -0.790. The van der Waals surface area contributed by atoms with E-state index in [0.29, 0.717) is 10.0 Å². The zero-order valence-corrected chi connectivity index (χ0v) is 11.1. The Morgan fingerprint density at radius 3 is 2.56 bits per heavy atom. The van der Waals surface area contributed by atoms with Gasteiger partial charge < -0.3 is 15.6 Å². The van der Waals surface area contributed by atoms with Crippen LogP contribution in [0, 0.1) is 0 Å². The quantitative estimate of drug-likeness (QED) is 0.894. The van der Waals surface area contributed by atoms with Crippen molar-refractivity contribution in [2.75, 3.05) is 6.61 Å². The number of benzene rings is 1. The lowest BCUT2D eigenvalue weighted by Gasteiger charge is -2.18. The molecule has 0 fully saturated rings. The standard InChI is InChI=1S/C11H13BrF3NO2/c1-6(16)8-3-2-7(12)4-9(8)18-5-10(17)11(13,14)15/h2-4,6,10,17H,5,16H2,1H3/t6-,10?/m0/s1. The first-order valence-corrected chi connectivity index (χ1v) is 5.93. The lowest BCUT2D eigenvalue weighted by molar-refractivity contribution is -0.210. The van der Waals surface area contributed by atoms with E-state index in [0.717, 1.165) is 0 Å². The van der Waals surface area contributed by atoms with Gasteiger partial charge in [0.1, 0.15) is 12.4 Å². The fourth-order valence-electron chi connectivity index (χ4n) is 1.27. The van der Waals surface area contributed by atoms with Crippen LogP contribution in [0.1, 0.15) is 18.5 Å². The van der Waals surface area contributed by atoms with Crippen LogP contribution in [0.5, 0.6) is 5.75 Å². The Bertz CT molecular complexity index is 410. The molecule has 0 aliphatic rings. The number of nitrogens with two attached hydrogens (primary N) is 1. The summed E-state index contributed by atoms with van der Waals surface area (Å²) in [6.07, 6.45) is -7.21. The summed E-state index contributed by atoms with van der Waals surface area (Å²) in [6, 6.07) is 4.51. The normalized spacial score (nSPS) is 15.3. The Labute approximate surface area is 111 Å². The van der Waals surface area contributed by atoms with Crippen LogP contribution in [0.4, 0.5) is 13.2 Å². The summed E-state index contributed by atoms with van der Waals surface area (Å²) < 4.78 is 42.0. The maximum Gasteiger partial charge on any atom is 0.417 e. The molecule has 102 valence electrons. The molecule has 0 aliphatic heterocycles. The number of aliphatic hydroxyl groups excluding tert-OH is 1. The molecular weight excluding hydrogens is 315 g/mol. The average molecular weight is 328 g/mol. The summed E-state index contributed by atoms with van der Waals surface area (Å²) in [5.41, 5.74) is 6.25. The third-order valence-corrected chi connectivity index (χ3v) is 2.73. The van der Waals surface area contributed by atoms with Gasteiger partial charge in [0.25, 0.3) is 0 Å². The molecule has 3 N–H and O–H groups in total. The van der Waals surface area contributed by atoms with E-state index in [9.17, 15) is 13.2 Å². The Morgan fingerprint density at radius 1 is 1.44 bits per heavy atom. The summed E-state index contributed by atoms with van der Waals surface area (Å²) in [6.45, 7) is 0.829. The lowest BCUT2D eigenvalue weighted by atomic mass is 10.1. The fraction of sp³-hybridized carbons (Fsp3) is 0.455. The van der Waals surface area contributed by atoms with Crippen LogP contribution in [0.15, 0.2) is 22.7 Å². The van der Waals surface area contributed by atoms with Gasteiger partial charge in [-0.1, -0.05) is 22.0 Å². The molecule has 0 aromatic heterocycles. The number of alkyl halides is 3. The molecule has 0 spiro atoms. The third-order valence-electron chi connectivity index (χ3n) is 2.24. The molecule has 0 amide bonds. The second-order valence-electron chi connectivity index (χ2n) is 3.84. The van der Waals surface area contributed by atoms with Crippen molar-refractivity contribution in [2.45, 2.75) is 25.2 Å². The van der Waals surface area contributed by atoms with Gasteiger partial charge in [-0.05, 0) is 19.1 Å². The van der Waals surface area contributed by atoms with Gasteiger partial charge in [0.2, 0.25) is 0 Å². The van der Waals surface area contributed by atoms with Crippen molar-refractivity contribution in [3.05, 3.63) is 28.2 Å². The van der Waals surface area contributed by atoms with Crippen molar-refractivity contribution < 1.29 is 23.0 Å². The summed E-state index contributed by atoms with van der Waals surface area (Å²) in [4.78, 5) is 0. The van der Waals surface area contributed by atoms with Gasteiger partial charge in [0.05, 0.1) is 0 Å². The number of rotatable bonds is 4. The number of hydrogen-bond donors (Lipinski definition) is 2. The van der Waals surface area contributed by atoms with E-state index in [-0.39, 0.29) is 11.8 Å². The van der Waals surface area contributed by atoms with Crippen LogP contribution < -0.4 is 10.5 Å². The highest BCUT2D eigenvalue weighted by molar-refractivity contribution is 9.10. The summed E-state index contributed by atoms with van der Waals surface area (Å²) in [7, 11) is 0. The number of ether oxygens (including phenoxy) is 1. The third kappa shape index (κ3) is 4.15. The molecule has 0 saturated heterocycles. The van der Waals surface area contributed by atoms with Crippen molar-refractivity contribution in [1.82, 2.24) is 0 Å². The maximum atomic E-state index is 12.1. The van der Waals surface area contributed by atoms with Crippen molar-refractivity contribution >= 4 is 15.9 Å². The summed E-state index contributed by atoms with van der Waals surface area (Å²) in [5, 5.41) is 8.85. The predicted octanol–water partition coefficient (Wildman–Crippen LogP) is 2.77. The molecule has 0 aliphatic carbocycles. The molecule has 0 radical (unpaired) electrons. The molecule has 1 aromatic carbocycles. The van der Waals surface area contributed by atoms with Gasteiger partial charge in [-0.25, -0.2) is 0 Å².